The highest BCUT2D eigenvalue weighted by atomic mass is 32.2. The first kappa shape index (κ1) is 14.2. The van der Waals surface area contributed by atoms with Crippen LogP contribution in [0.25, 0.3) is 0 Å². The average molecular weight is 285 g/mol. The Bertz CT molecular complexity index is 576. The molecule has 1 aromatic heterocycles. The molecule has 0 amide bonds. The van der Waals surface area contributed by atoms with Crippen LogP contribution in [0.4, 0.5) is 0 Å². The zero-order valence-corrected chi connectivity index (χ0v) is 11.8. The van der Waals surface area contributed by atoms with E-state index >= 15 is 0 Å². The molecule has 1 fully saturated rings. The van der Waals surface area contributed by atoms with Crippen molar-refractivity contribution in [1.82, 2.24) is 14.2 Å². The first-order valence-electron chi connectivity index (χ1n) is 6.37. The van der Waals surface area contributed by atoms with Crippen molar-refractivity contribution in [1.29, 1.82) is 0 Å². The van der Waals surface area contributed by atoms with Crippen LogP contribution in [0.5, 0.6) is 0 Å². The third kappa shape index (κ3) is 3.23. The number of likely N-dealkylation sites (N-methyl/N-ethyl adjacent to an activating group) is 1. The van der Waals surface area contributed by atoms with Crippen molar-refractivity contribution in [3.05, 3.63) is 28.7 Å². The van der Waals surface area contributed by atoms with Gasteiger partial charge in [0.15, 0.2) is 0 Å². The number of rotatable bonds is 5. The van der Waals surface area contributed by atoms with Gasteiger partial charge in [0.05, 0.1) is 0 Å². The molecule has 0 atom stereocenters. The SMILES string of the molecule is CN(CCN1CCCC1)S(=O)(=O)c1c[nH]ccc1=O. The third-order valence-electron chi connectivity index (χ3n) is 3.41. The number of likely N-dealkylation sites (tertiary alicyclic amines) is 1. The summed E-state index contributed by atoms with van der Waals surface area (Å²) in [6.07, 6.45) is 5.01. The molecule has 106 valence electrons. The van der Waals surface area contributed by atoms with E-state index in [0.717, 1.165) is 13.1 Å². The maximum Gasteiger partial charge on any atom is 0.248 e. The minimum Gasteiger partial charge on any atom is -0.366 e. The second-order valence-electron chi connectivity index (χ2n) is 4.75. The van der Waals surface area contributed by atoms with E-state index in [4.69, 9.17) is 0 Å². The van der Waals surface area contributed by atoms with Crippen LogP contribution in [-0.4, -0.2) is 55.8 Å². The molecule has 0 spiro atoms. The highest BCUT2D eigenvalue weighted by Crippen LogP contribution is 2.10. The monoisotopic (exact) mass is 285 g/mol. The van der Waals surface area contributed by atoms with Crippen molar-refractivity contribution < 1.29 is 8.42 Å². The van der Waals surface area contributed by atoms with Gasteiger partial charge in [-0.1, -0.05) is 0 Å². The van der Waals surface area contributed by atoms with Crippen LogP contribution in [-0.2, 0) is 10.0 Å². The van der Waals surface area contributed by atoms with Crippen LogP contribution >= 0.6 is 0 Å². The zero-order valence-electron chi connectivity index (χ0n) is 11.0. The van der Waals surface area contributed by atoms with E-state index < -0.39 is 15.5 Å². The molecule has 2 rings (SSSR count). The molecule has 1 N–H and O–H groups in total. The van der Waals surface area contributed by atoms with Crippen molar-refractivity contribution in [3.8, 4) is 0 Å². The predicted molar refractivity (Wildman–Crippen MR) is 72.6 cm³/mol. The highest BCUT2D eigenvalue weighted by molar-refractivity contribution is 7.89. The number of pyridine rings is 1. The molecule has 0 bridgehead atoms. The second kappa shape index (κ2) is 5.85. The molecule has 1 aliphatic heterocycles. The van der Waals surface area contributed by atoms with Gasteiger partial charge in [-0.25, -0.2) is 8.42 Å². The topological polar surface area (TPSA) is 73.5 Å². The van der Waals surface area contributed by atoms with E-state index in [0.29, 0.717) is 13.1 Å². The highest BCUT2D eigenvalue weighted by Gasteiger charge is 2.24. The van der Waals surface area contributed by atoms with Crippen molar-refractivity contribution in [3.63, 3.8) is 0 Å². The predicted octanol–water partition coefficient (Wildman–Crippen LogP) is 0.0912. The largest absolute Gasteiger partial charge is 0.366 e. The molecule has 19 heavy (non-hydrogen) atoms. The Kier molecular flexibility index (Phi) is 4.38. The van der Waals surface area contributed by atoms with Crippen LogP contribution in [0.1, 0.15) is 12.8 Å². The first-order chi connectivity index (χ1) is 9.01. The molecule has 1 aliphatic rings. The normalized spacial score (nSPS) is 17.2. The van der Waals surface area contributed by atoms with Crippen molar-refractivity contribution in [2.45, 2.75) is 17.7 Å². The van der Waals surface area contributed by atoms with Gasteiger partial charge in [-0.2, -0.15) is 4.31 Å². The van der Waals surface area contributed by atoms with Crippen LogP contribution in [0.15, 0.2) is 28.2 Å². The fourth-order valence-corrected chi connectivity index (χ4v) is 3.38. The fourth-order valence-electron chi connectivity index (χ4n) is 2.18. The standard InChI is InChI=1S/C12H19N3O3S/c1-14(8-9-15-6-2-3-7-15)19(17,18)12-10-13-5-4-11(12)16/h4-5,10H,2-3,6-9H2,1H3,(H,13,16). The van der Waals surface area contributed by atoms with Gasteiger partial charge in [0, 0.05) is 38.6 Å². The second-order valence-corrected chi connectivity index (χ2v) is 6.76. The summed E-state index contributed by atoms with van der Waals surface area (Å²) in [6.45, 7) is 3.16. The zero-order chi connectivity index (χ0) is 13.9. The lowest BCUT2D eigenvalue weighted by molar-refractivity contribution is 0.310. The number of aromatic amines is 1. The number of hydrogen-bond acceptors (Lipinski definition) is 4. The number of H-pyrrole nitrogens is 1. The van der Waals surface area contributed by atoms with Gasteiger partial charge in [0.1, 0.15) is 4.90 Å². The van der Waals surface area contributed by atoms with Gasteiger partial charge in [-0.15, -0.1) is 0 Å². The smallest absolute Gasteiger partial charge is 0.248 e. The number of aromatic nitrogens is 1. The summed E-state index contributed by atoms with van der Waals surface area (Å²) < 4.78 is 25.7. The Hall–Kier alpha value is -1.18. The van der Waals surface area contributed by atoms with Crippen molar-refractivity contribution in [2.75, 3.05) is 33.2 Å². The molecule has 6 nitrogen and oxygen atoms in total. The fraction of sp³-hybridized carbons (Fsp3) is 0.583. The van der Waals surface area contributed by atoms with E-state index in [1.807, 2.05) is 0 Å². The molecule has 1 saturated heterocycles. The molecule has 0 saturated carbocycles. The van der Waals surface area contributed by atoms with E-state index in [-0.39, 0.29) is 4.90 Å². The Morgan fingerprint density at radius 3 is 2.68 bits per heavy atom. The van der Waals surface area contributed by atoms with Gasteiger partial charge < -0.3 is 9.88 Å². The minimum absolute atomic E-state index is 0.195. The molecule has 1 aromatic rings. The lowest BCUT2D eigenvalue weighted by atomic mass is 10.4. The van der Waals surface area contributed by atoms with Crippen LogP contribution in [0.3, 0.4) is 0 Å². The molecular weight excluding hydrogens is 266 g/mol. The van der Waals surface area contributed by atoms with Crippen LogP contribution in [0.2, 0.25) is 0 Å². The lowest BCUT2D eigenvalue weighted by Crippen LogP contribution is -2.36. The molecule has 2 heterocycles. The molecular formula is C12H19N3O3S. The number of hydrogen-bond donors (Lipinski definition) is 1. The van der Waals surface area contributed by atoms with E-state index in [1.165, 1.54) is 42.7 Å². The van der Waals surface area contributed by atoms with Gasteiger partial charge in [-0.3, -0.25) is 4.79 Å². The summed E-state index contributed by atoms with van der Waals surface area (Å²) >= 11 is 0. The molecule has 0 unspecified atom stereocenters. The van der Waals surface area contributed by atoms with Crippen molar-refractivity contribution >= 4 is 10.0 Å². The van der Waals surface area contributed by atoms with Crippen LogP contribution < -0.4 is 5.43 Å². The summed E-state index contributed by atoms with van der Waals surface area (Å²) in [5.41, 5.74) is -0.480. The molecule has 0 aromatic carbocycles. The maximum absolute atomic E-state index is 12.2. The summed E-state index contributed by atoms with van der Waals surface area (Å²) in [6, 6.07) is 1.22. The van der Waals surface area contributed by atoms with Gasteiger partial charge >= 0.3 is 0 Å². The minimum atomic E-state index is -3.70. The van der Waals surface area contributed by atoms with E-state index in [2.05, 4.69) is 9.88 Å². The molecule has 0 aliphatic carbocycles. The summed E-state index contributed by atoms with van der Waals surface area (Å²) in [4.78, 5) is 16.3. The molecule has 0 radical (unpaired) electrons. The Morgan fingerprint density at radius 1 is 1.37 bits per heavy atom. The lowest BCUT2D eigenvalue weighted by Gasteiger charge is -2.20. The Balaban J connectivity index is 2.06. The number of sulfonamides is 1. The summed E-state index contributed by atoms with van der Waals surface area (Å²) in [5.74, 6) is 0. The maximum atomic E-state index is 12.2. The summed E-state index contributed by atoms with van der Waals surface area (Å²) in [7, 11) is -2.19. The summed E-state index contributed by atoms with van der Waals surface area (Å²) in [5, 5.41) is 0. The van der Waals surface area contributed by atoms with E-state index in [1.54, 1.807) is 0 Å². The van der Waals surface area contributed by atoms with Crippen LogP contribution in [0, 0.1) is 0 Å². The number of nitrogens with one attached hydrogen (secondary N) is 1. The number of nitrogens with zero attached hydrogens (tertiary/aromatic N) is 2. The van der Waals surface area contributed by atoms with Gasteiger partial charge in [0.25, 0.3) is 0 Å². The quantitative estimate of drug-likeness (QED) is 0.832. The van der Waals surface area contributed by atoms with Gasteiger partial charge in [0.2, 0.25) is 15.5 Å². The Morgan fingerprint density at radius 2 is 2.05 bits per heavy atom. The Labute approximate surface area is 113 Å². The molecule has 7 heteroatoms. The first-order valence-corrected chi connectivity index (χ1v) is 7.81. The van der Waals surface area contributed by atoms with Gasteiger partial charge in [-0.05, 0) is 25.9 Å². The van der Waals surface area contributed by atoms with E-state index in [9.17, 15) is 13.2 Å². The van der Waals surface area contributed by atoms with Crippen molar-refractivity contribution in [2.24, 2.45) is 0 Å². The average Bonchev–Trinajstić information content (AvgIpc) is 2.89. The third-order valence-corrected chi connectivity index (χ3v) is 5.28.